The van der Waals surface area contributed by atoms with Crippen LogP contribution in [-0.4, -0.2) is 17.9 Å². The molecule has 0 aliphatic rings. The summed E-state index contributed by atoms with van der Waals surface area (Å²) in [4.78, 5) is 17.2. The molecule has 106 valence electrons. The molecule has 0 saturated heterocycles. The minimum Gasteiger partial charge on any atom is -0.497 e. The molecule has 3 nitrogen and oxygen atoms in total. The van der Waals surface area contributed by atoms with Crippen molar-refractivity contribution in [3.05, 3.63) is 58.5 Å². The second-order valence-electron chi connectivity index (χ2n) is 4.86. The third kappa shape index (κ3) is 3.11. The van der Waals surface area contributed by atoms with Crippen LogP contribution < -0.4 is 4.74 Å². The van der Waals surface area contributed by atoms with Crippen LogP contribution in [0.5, 0.6) is 5.75 Å². The van der Waals surface area contributed by atoms with Gasteiger partial charge in [0.25, 0.3) is 0 Å². The average molecular weight is 297 g/mol. The monoisotopic (exact) mass is 297 g/mol. The Morgan fingerprint density at radius 3 is 2.90 bits per heavy atom. The highest BCUT2D eigenvalue weighted by molar-refractivity contribution is 7.09. The normalized spacial score (nSPS) is 10.7. The first-order valence-corrected chi connectivity index (χ1v) is 7.59. The van der Waals surface area contributed by atoms with Crippen molar-refractivity contribution in [2.45, 2.75) is 12.8 Å². The van der Waals surface area contributed by atoms with Gasteiger partial charge in [-0.2, -0.15) is 0 Å². The second kappa shape index (κ2) is 6.06. The van der Waals surface area contributed by atoms with Crippen LogP contribution in [0.2, 0.25) is 0 Å². The molecule has 0 atom stereocenters. The van der Waals surface area contributed by atoms with Crippen molar-refractivity contribution in [3.63, 3.8) is 0 Å². The standard InChI is InChI=1S/C17H15NO2S/c1-20-15-6-5-12-3-2-4-13(17(12)9-15)7-14(19)8-16-10-18-11-21-16/h2-6,9-11H,7-8H2,1H3. The molecule has 3 aromatic rings. The third-order valence-electron chi connectivity index (χ3n) is 3.42. The minimum absolute atomic E-state index is 0.203. The highest BCUT2D eigenvalue weighted by Gasteiger charge is 2.09. The molecule has 0 spiro atoms. The van der Waals surface area contributed by atoms with Crippen LogP contribution in [0.4, 0.5) is 0 Å². The molecule has 0 bridgehead atoms. The van der Waals surface area contributed by atoms with Crippen LogP contribution >= 0.6 is 11.3 Å². The Balaban J connectivity index is 1.87. The Bertz CT molecular complexity index is 766. The number of fused-ring (bicyclic) bond motifs is 1. The highest BCUT2D eigenvalue weighted by Crippen LogP contribution is 2.25. The number of rotatable bonds is 5. The van der Waals surface area contributed by atoms with E-state index in [1.165, 1.54) is 11.3 Å². The maximum atomic E-state index is 12.2. The summed E-state index contributed by atoms with van der Waals surface area (Å²) in [7, 11) is 1.65. The number of methoxy groups -OCH3 is 1. The maximum absolute atomic E-state index is 12.2. The summed E-state index contributed by atoms with van der Waals surface area (Å²) in [6.07, 6.45) is 2.64. The lowest BCUT2D eigenvalue weighted by Crippen LogP contribution is -2.06. The lowest BCUT2D eigenvalue weighted by molar-refractivity contribution is -0.117. The first-order chi connectivity index (χ1) is 10.3. The lowest BCUT2D eigenvalue weighted by Gasteiger charge is -2.08. The first-order valence-electron chi connectivity index (χ1n) is 6.71. The number of hydrogen-bond acceptors (Lipinski definition) is 4. The molecule has 2 aromatic carbocycles. The number of thiazole rings is 1. The van der Waals surface area contributed by atoms with E-state index < -0.39 is 0 Å². The molecule has 0 saturated carbocycles. The Labute approximate surface area is 127 Å². The molecule has 0 unspecified atom stereocenters. The van der Waals surface area contributed by atoms with Gasteiger partial charge >= 0.3 is 0 Å². The fourth-order valence-electron chi connectivity index (χ4n) is 2.40. The minimum atomic E-state index is 0.203. The molecule has 0 aliphatic heterocycles. The summed E-state index contributed by atoms with van der Waals surface area (Å²) in [6.45, 7) is 0. The van der Waals surface area contributed by atoms with Gasteiger partial charge in [-0.15, -0.1) is 11.3 Å². The molecule has 1 heterocycles. The topological polar surface area (TPSA) is 39.2 Å². The van der Waals surface area contributed by atoms with E-state index in [4.69, 9.17) is 4.74 Å². The Hall–Kier alpha value is -2.20. The molecule has 0 aliphatic carbocycles. The van der Waals surface area contributed by atoms with Gasteiger partial charge in [0, 0.05) is 23.9 Å². The van der Waals surface area contributed by atoms with E-state index in [9.17, 15) is 4.79 Å². The van der Waals surface area contributed by atoms with Gasteiger partial charge in [-0.05, 0) is 28.5 Å². The van der Waals surface area contributed by atoms with Crippen molar-refractivity contribution in [3.8, 4) is 5.75 Å². The number of benzene rings is 2. The van der Waals surface area contributed by atoms with Crippen molar-refractivity contribution in [1.82, 2.24) is 4.98 Å². The summed E-state index contributed by atoms with van der Waals surface area (Å²) in [6, 6.07) is 12.0. The molecule has 0 N–H and O–H groups in total. The zero-order valence-corrected chi connectivity index (χ0v) is 12.5. The number of carbonyl (C=O) groups excluding carboxylic acids is 1. The number of aromatic nitrogens is 1. The van der Waals surface area contributed by atoms with Gasteiger partial charge in [-0.3, -0.25) is 9.78 Å². The molecule has 4 heteroatoms. The number of carbonyl (C=O) groups is 1. The molecule has 0 fully saturated rings. The van der Waals surface area contributed by atoms with E-state index in [0.29, 0.717) is 12.8 Å². The Morgan fingerprint density at radius 1 is 1.24 bits per heavy atom. The fraction of sp³-hybridized carbons (Fsp3) is 0.176. The SMILES string of the molecule is COc1ccc2cccc(CC(=O)Cc3cncs3)c2c1. The van der Waals surface area contributed by atoms with Crippen molar-refractivity contribution in [1.29, 1.82) is 0 Å². The van der Waals surface area contributed by atoms with E-state index >= 15 is 0 Å². The summed E-state index contributed by atoms with van der Waals surface area (Å²) in [5, 5.41) is 2.20. The van der Waals surface area contributed by atoms with Crippen LogP contribution in [-0.2, 0) is 17.6 Å². The van der Waals surface area contributed by atoms with Crippen molar-refractivity contribution >= 4 is 27.9 Å². The van der Waals surface area contributed by atoms with Crippen molar-refractivity contribution in [2.75, 3.05) is 7.11 Å². The molecule has 21 heavy (non-hydrogen) atoms. The number of hydrogen-bond donors (Lipinski definition) is 0. The number of ketones is 1. The Kier molecular flexibility index (Phi) is 3.97. The van der Waals surface area contributed by atoms with Gasteiger partial charge in [0.2, 0.25) is 0 Å². The molecule has 1 aromatic heterocycles. The van der Waals surface area contributed by atoms with Crippen molar-refractivity contribution in [2.24, 2.45) is 0 Å². The summed E-state index contributed by atoms with van der Waals surface area (Å²) in [5.41, 5.74) is 2.80. The van der Waals surface area contributed by atoms with Crippen LogP contribution in [0.1, 0.15) is 10.4 Å². The van der Waals surface area contributed by atoms with Crippen LogP contribution in [0, 0.1) is 0 Å². The van der Waals surface area contributed by atoms with Crippen molar-refractivity contribution < 1.29 is 9.53 Å². The number of Topliss-reactive ketones (excluding diaryl/α,β-unsaturated/α-hetero) is 1. The average Bonchev–Trinajstić information content (AvgIpc) is 3.00. The lowest BCUT2D eigenvalue weighted by atomic mass is 9.99. The maximum Gasteiger partial charge on any atom is 0.142 e. The number of nitrogens with zero attached hydrogens (tertiary/aromatic N) is 1. The quantitative estimate of drug-likeness (QED) is 0.721. The van der Waals surface area contributed by atoms with E-state index in [1.807, 2.05) is 36.4 Å². The predicted octanol–water partition coefficient (Wildman–Crippen LogP) is 3.66. The summed E-state index contributed by atoms with van der Waals surface area (Å²) in [5.74, 6) is 1.01. The van der Waals surface area contributed by atoms with Crippen LogP contribution in [0.15, 0.2) is 48.1 Å². The summed E-state index contributed by atoms with van der Waals surface area (Å²) >= 11 is 1.52. The third-order valence-corrected chi connectivity index (χ3v) is 4.20. The van der Waals surface area contributed by atoms with E-state index in [1.54, 1.807) is 18.8 Å². The predicted molar refractivity (Wildman–Crippen MR) is 85.0 cm³/mol. The van der Waals surface area contributed by atoms with Gasteiger partial charge in [-0.25, -0.2) is 0 Å². The summed E-state index contributed by atoms with van der Waals surface area (Å²) < 4.78 is 5.28. The molecule has 3 rings (SSSR count). The smallest absolute Gasteiger partial charge is 0.142 e. The number of ether oxygens (including phenoxy) is 1. The van der Waals surface area contributed by atoms with E-state index in [2.05, 4.69) is 4.98 Å². The van der Waals surface area contributed by atoms with Crippen LogP contribution in [0.3, 0.4) is 0 Å². The van der Waals surface area contributed by atoms with Gasteiger partial charge < -0.3 is 4.74 Å². The fourth-order valence-corrected chi connectivity index (χ4v) is 3.02. The highest BCUT2D eigenvalue weighted by atomic mass is 32.1. The first kappa shape index (κ1) is 13.8. The zero-order valence-electron chi connectivity index (χ0n) is 11.7. The molecule has 0 radical (unpaired) electrons. The molecular weight excluding hydrogens is 282 g/mol. The van der Waals surface area contributed by atoms with Gasteiger partial charge in [0.1, 0.15) is 11.5 Å². The largest absolute Gasteiger partial charge is 0.497 e. The van der Waals surface area contributed by atoms with Crippen LogP contribution in [0.25, 0.3) is 10.8 Å². The van der Waals surface area contributed by atoms with Gasteiger partial charge in [0.15, 0.2) is 0 Å². The second-order valence-corrected chi connectivity index (χ2v) is 5.84. The molecular formula is C17H15NO2S. The van der Waals surface area contributed by atoms with E-state index in [-0.39, 0.29) is 5.78 Å². The molecule has 0 amide bonds. The Morgan fingerprint density at radius 2 is 2.14 bits per heavy atom. The van der Waals surface area contributed by atoms with E-state index in [0.717, 1.165) is 27.0 Å². The zero-order chi connectivity index (χ0) is 14.7. The van der Waals surface area contributed by atoms with Gasteiger partial charge in [0.05, 0.1) is 12.6 Å². The van der Waals surface area contributed by atoms with Gasteiger partial charge in [-0.1, -0.05) is 24.3 Å².